The summed E-state index contributed by atoms with van der Waals surface area (Å²) in [6, 6.07) is 4.86. The first-order valence-electron chi connectivity index (χ1n) is 4.93. The fourth-order valence-electron chi connectivity index (χ4n) is 1.57. The van der Waals surface area contributed by atoms with Crippen LogP contribution in [0.1, 0.15) is 10.4 Å². The molecule has 0 unspecified atom stereocenters. The zero-order chi connectivity index (χ0) is 13.0. The lowest BCUT2D eigenvalue weighted by Gasteiger charge is -2.21. The maximum atomic E-state index is 11.6. The summed E-state index contributed by atoms with van der Waals surface area (Å²) in [6.07, 6.45) is 0. The number of hydrogen-bond donors (Lipinski definition) is 2. The molecule has 1 amide bonds. The quantitative estimate of drug-likeness (QED) is 0.566. The maximum absolute atomic E-state index is 11.6. The topological polar surface area (TPSA) is 98.7 Å². The van der Waals surface area contributed by atoms with Crippen molar-refractivity contribution in [3.8, 4) is 0 Å². The number of anilines is 2. The lowest BCUT2D eigenvalue weighted by Crippen LogP contribution is -2.32. The van der Waals surface area contributed by atoms with Gasteiger partial charge in [0, 0.05) is 7.05 Å². The number of ether oxygens (including phenoxy) is 1. The Kier molecular flexibility index (Phi) is 3.92. The Morgan fingerprint density at radius 2 is 2.06 bits per heavy atom. The van der Waals surface area contributed by atoms with Gasteiger partial charge in [-0.3, -0.25) is 4.79 Å². The van der Waals surface area contributed by atoms with Crippen LogP contribution in [0.5, 0.6) is 0 Å². The number of esters is 1. The van der Waals surface area contributed by atoms with Crippen LogP contribution in [0.3, 0.4) is 0 Å². The average molecular weight is 237 g/mol. The molecule has 0 saturated carbocycles. The molecule has 1 aromatic rings. The van der Waals surface area contributed by atoms with Crippen molar-refractivity contribution in [1.29, 1.82) is 0 Å². The summed E-state index contributed by atoms with van der Waals surface area (Å²) in [5, 5.41) is 0. The zero-order valence-corrected chi connectivity index (χ0v) is 9.77. The van der Waals surface area contributed by atoms with Crippen molar-refractivity contribution in [1.82, 2.24) is 0 Å². The predicted octanol–water partition coefficient (Wildman–Crippen LogP) is -0.0231. The average Bonchev–Trinajstić information content (AvgIpc) is 2.26. The Labute approximate surface area is 99.1 Å². The molecule has 0 saturated heterocycles. The van der Waals surface area contributed by atoms with Crippen LogP contribution in [0.25, 0.3) is 0 Å². The number of benzene rings is 1. The predicted molar refractivity (Wildman–Crippen MR) is 64.7 cm³/mol. The second-order valence-electron chi connectivity index (χ2n) is 3.56. The van der Waals surface area contributed by atoms with Gasteiger partial charge in [-0.25, -0.2) is 4.79 Å². The van der Waals surface area contributed by atoms with E-state index in [1.807, 2.05) is 0 Å². The highest BCUT2D eigenvalue weighted by molar-refractivity contribution is 5.99. The summed E-state index contributed by atoms with van der Waals surface area (Å²) in [5.74, 6) is -1.02. The first-order valence-corrected chi connectivity index (χ1v) is 4.93. The summed E-state index contributed by atoms with van der Waals surface area (Å²) in [7, 11) is 2.91. The van der Waals surface area contributed by atoms with E-state index in [0.717, 1.165) is 0 Å². The van der Waals surface area contributed by atoms with Gasteiger partial charge in [0.25, 0.3) is 0 Å². The number of nitrogens with zero attached hydrogens (tertiary/aromatic N) is 1. The number of amides is 1. The van der Waals surface area contributed by atoms with Crippen LogP contribution in [0.2, 0.25) is 0 Å². The van der Waals surface area contributed by atoms with Gasteiger partial charge in [-0.15, -0.1) is 0 Å². The fourth-order valence-corrected chi connectivity index (χ4v) is 1.57. The van der Waals surface area contributed by atoms with Crippen molar-refractivity contribution in [2.75, 3.05) is 31.3 Å². The number of nitrogens with two attached hydrogens (primary N) is 2. The van der Waals surface area contributed by atoms with Crippen LogP contribution in [0.4, 0.5) is 11.4 Å². The first kappa shape index (κ1) is 12.8. The van der Waals surface area contributed by atoms with Crippen LogP contribution in [0, 0.1) is 0 Å². The number of carbonyl (C=O) groups excluding carboxylic acids is 2. The Bertz CT molecular complexity index is 446. The van der Waals surface area contributed by atoms with E-state index in [9.17, 15) is 9.59 Å². The van der Waals surface area contributed by atoms with Crippen molar-refractivity contribution in [3.63, 3.8) is 0 Å². The van der Waals surface area contributed by atoms with Crippen LogP contribution >= 0.6 is 0 Å². The monoisotopic (exact) mass is 237 g/mol. The number of hydrogen-bond acceptors (Lipinski definition) is 5. The third-order valence-electron chi connectivity index (χ3n) is 2.25. The summed E-state index contributed by atoms with van der Waals surface area (Å²) < 4.78 is 4.65. The molecule has 1 rings (SSSR count). The molecule has 0 aromatic heterocycles. The number of methoxy groups -OCH3 is 1. The molecule has 0 spiro atoms. The molecule has 0 bridgehead atoms. The van der Waals surface area contributed by atoms with Crippen LogP contribution in [-0.4, -0.2) is 32.6 Å². The molecule has 0 heterocycles. The van der Waals surface area contributed by atoms with E-state index >= 15 is 0 Å². The summed E-state index contributed by atoms with van der Waals surface area (Å²) in [6.45, 7) is -0.0296. The van der Waals surface area contributed by atoms with Gasteiger partial charge in [-0.2, -0.15) is 0 Å². The van der Waals surface area contributed by atoms with E-state index in [1.165, 1.54) is 12.0 Å². The zero-order valence-electron chi connectivity index (χ0n) is 9.77. The highest BCUT2D eigenvalue weighted by atomic mass is 16.5. The van der Waals surface area contributed by atoms with Gasteiger partial charge in [-0.1, -0.05) is 6.07 Å². The SMILES string of the molecule is COC(=O)c1cccc(N)c1N(C)CC(N)=O. The molecule has 0 fully saturated rings. The molecule has 0 aliphatic heterocycles. The molecular weight excluding hydrogens is 222 g/mol. The fraction of sp³-hybridized carbons (Fsp3) is 0.273. The molecule has 0 radical (unpaired) electrons. The van der Waals surface area contributed by atoms with Crippen LogP contribution < -0.4 is 16.4 Å². The standard InChI is InChI=1S/C11H15N3O3/c1-14(6-9(13)15)10-7(11(16)17-2)4-3-5-8(10)12/h3-5H,6,12H2,1-2H3,(H2,13,15). The van der Waals surface area contributed by atoms with E-state index in [0.29, 0.717) is 16.9 Å². The Hall–Kier alpha value is -2.24. The van der Waals surface area contributed by atoms with Gasteiger partial charge in [0.05, 0.1) is 30.6 Å². The van der Waals surface area contributed by atoms with Gasteiger partial charge in [0.1, 0.15) is 0 Å². The van der Waals surface area contributed by atoms with Crippen molar-refractivity contribution in [2.45, 2.75) is 0 Å². The Morgan fingerprint density at radius 3 is 2.59 bits per heavy atom. The van der Waals surface area contributed by atoms with E-state index < -0.39 is 11.9 Å². The lowest BCUT2D eigenvalue weighted by atomic mass is 10.1. The van der Waals surface area contributed by atoms with Crippen molar-refractivity contribution >= 4 is 23.3 Å². The van der Waals surface area contributed by atoms with Gasteiger partial charge in [0.15, 0.2) is 0 Å². The Balaban J connectivity index is 3.20. The highest BCUT2D eigenvalue weighted by Gasteiger charge is 2.18. The summed E-state index contributed by atoms with van der Waals surface area (Å²) in [4.78, 5) is 23.9. The van der Waals surface area contributed by atoms with E-state index in [-0.39, 0.29) is 6.54 Å². The number of likely N-dealkylation sites (N-methyl/N-ethyl adjacent to an activating group) is 1. The molecule has 0 atom stereocenters. The van der Waals surface area contributed by atoms with E-state index in [4.69, 9.17) is 11.5 Å². The first-order chi connectivity index (χ1) is 7.97. The van der Waals surface area contributed by atoms with Gasteiger partial charge < -0.3 is 21.1 Å². The Morgan fingerprint density at radius 1 is 1.41 bits per heavy atom. The van der Waals surface area contributed by atoms with Crippen molar-refractivity contribution < 1.29 is 14.3 Å². The normalized spacial score (nSPS) is 9.76. The lowest BCUT2D eigenvalue weighted by molar-refractivity contribution is -0.116. The minimum atomic E-state index is -0.511. The molecule has 17 heavy (non-hydrogen) atoms. The van der Waals surface area contributed by atoms with Crippen LogP contribution in [-0.2, 0) is 9.53 Å². The minimum absolute atomic E-state index is 0.0296. The molecule has 4 N–H and O–H groups in total. The van der Waals surface area contributed by atoms with Gasteiger partial charge >= 0.3 is 5.97 Å². The number of primary amides is 1. The second kappa shape index (κ2) is 5.20. The molecule has 0 aliphatic carbocycles. The molecule has 0 aliphatic rings. The van der Waals surface area contributed by atoms with E-state index in [2.05, 4.69) is 4.74 Å². The molecular formula is C11H15N3O3. The number of nitrogen functional groups attached to an aromatic ring is 1. The maximum Gasteiger partial charge on any atom is 0.340 e. The highest BCUT2D eigenvalue weighted by Crippen LogP contribution is 2.27. The number of rotatable bonds is 4. The largest absolute Gasteiger partial charge is 0.465 e. The molecule has 6 nitrogen and oxygen atoms in total. The summed E-state index contributed by atoms with van der Waals surface area (Å²) in [5.41, 5.74) is 12.0. The third kappa shape index (κ3) is 2.87. The number of para-hydroxylation sites is 1. The summed E-state index contributed by atoms with van der Waals surface area (Å²) >= 11 is 0. The van der Waals surface area contributed by atoms with Crippen molar-refractivity contribution in [2.24, 2.45) is 5.73 Å². The molecule has 1 aromatic carbocycles. The van der Waals surface area contributed by atoms with Gasteiger partial charge in [0.2, 0.25) is 5.91 Å². The second-order valence-corrected chi connectivity index (χ2v) is 3.56. The molecule has 6 heteroatoms. The van der Waals surface area contributed by atoms with Crippen molar-refractivity contribution in [3.05, 3.63) is 23.8 Å². The smallest absolute Gasteiger partial charge is 0.340 e. The van der Waals surface area contributed by atoms with Gasteiger partial charge in [-0.05, 0) is 12.1 Å². The minimum Gasteiger partial charge on any atom is -0.465 e. The molecule has 92 valence electrons. The number of carbonyl (C=O) groups is 2. The third-order valence-corrected chi connectivity index (χ3v) is 2.25. The van der Waals surface area contributed by atoms with E-state index in [1.54, 1.807) is 25.2 Å². The van der Waals surface area contributed by atoms with Crippen LogP contribution in [0.15, 0.2) is 18.2 Å².